The van der Waals surface area contributed by atoms with Crippen molar-refractivity contribution in [2.45, 2.75) is 25.8 Å². The Morgan fingerprint density at radius 1 is 0.583 bits per heavy atom. The Morgan fingerprint density at radius 2 is 1.19 bits per heavy atom. The molecule has 0 fully saturated rings. The number of fused-ring (bicyclic) bond motifs is 1. The number of alkyl halides is 3. The van der Waals surface area contributed by atoms with Gasteiger partial charge in [0.2, 0.25) is 0 Å². The maximum Gasteiger partial charge on any atom is 0.416 e. The maximum atomic E-state index is 12.9. The van der Waals surface area contributed by atoms with Gasteiger partial charge in [-0.15, -0.1) is 0 Å². The van der Waals surface area contributed by atoms with Gasteiger partial charge in [-0.1, -0.05) is 79.4 Å². The summed E-state index contributed by atoms with van der Waals surface area (Å²) in [6.07, 6.45) is -0.676. The maximum absolute atomic E-state index is 12.9. The van der Waals surface area contributed by atoms with Crippen LogP contribution in [-0.2, 0) is 6.18 Å². The van der Waals surface area contributed by atoms with Gasteiger partial charge in [-0.2, -0.15) is 13.2 Å². The van der Waals surface area contributed by atoms with E-state index in [-0.39, 0.29) is 0 Å². The van der Waals surface area contributed by atoms with Crippen LogP contribution in [-0.4, -0.2) is 18.0 Å². The first-order valence-corrected chi connectivity index (χ1v) is 15.2. The van der Waals surface area contributed by atoms with Crippen LogP contribution in [0.5, 0.6) is 0 Å². The number of hydrogen-bond donors (Lipinski definition) is 0. The molecule has 0 N–H and O–H groups in total. The van der Waals surface area contributed by atoms with E-state index in [1.165, 1.54) is 17.3 Å². The minimum absolute atomic E-state index is 0.655. The monoisotopic (exact) mass is 498 g/mol. The summed E-state index contributed by atoms with van der Waals surface area (Å²) >= 11 is 0. The van der Waals surface area contributed by atoms with Crippen molar-refractivity contribution in [1.29, 1.82) is 0 Å². The van der Waals surface area contributed by atoms with Crippen molar-refractivity contribution in [2.75, 3.05) is 0 Å². The van der Waals surface area contributed by atoms with Crippen LogP contribution in [0.15, 0.2) is 97.3 Å². The van der Waals surface area contributed by atoms with Crippen LogP contribution in [0.2, 0.25) is 19.6 Å². The normalized spacial score (nSPS) is 12.2. The van der Waals surface area contributed by atoms with E-state index >= 15 is 0 Å². The Hall–Kier alpha value is -3.77. The van der Waals surface area contributed by atoms with Crippen molar-refractivity contribution in [2.24, 2.45) is 0 Å². The molecule has 6 heteroatoms. The van der Waals surface area contributed by atoms with Gasteiger partial charge in [-0.25, -0.2) is 0 Å². The third-order valence-electron chi connectivity index (χ3n) is 6.37. The summed E-state index contributed by atoms with van der Waals surface area (Å²) in [6, 6.07) is 25.8. The molecule has 0 unspecified atom stereocenters. The molecule has 0 saturated heterocycles. The Balaban J connectivity index is 1.38. The van der Waals surface area contributed by atoms with Gasteiger partial charge in [0.25, 0.3) is 0 Å². The van der Waals surface area contributed by atoms with Crippen molar-refractivity contribution in [3.8, 4) is 33.5 Å². The van der Waals surface area contributed by atoms with Crippen LogP contribution in [0, 0.1) is 0 Å². The number of aromatic nitrogens is 2. The number of pyridine rings is 2. The topological polar surface area (TPSA) is 25.8 Å². The second-order valence-corrected chi connectivity index (χ2v) is 15.0. The van der Waals surface area contributed by atoms with Crippen molar-refractivity contribution >= 4 is 24.2 Å². The standard InChI is InChI=1S/C30H25F3N2Si/c1-36(2,3)27-13-8-21(9-14-27)28-15-10-24(18-34-28)25-16-23-5-4-22(17-29(23)35-19-25)20-6-11-26(12-7-20)30(31,32)33/h4-19H,1-3H3. The second-order valence-electron chi connectivity index (χ2n) is 9.97. The fourth-order valence-electron chi connectivity index (χ4n) is 4.19. The lowest BCUT2D eigenvalue weighted by atomic mass is 10.0. The minimum atomic E-state index is -4.34. The van der Waals surface area contributed by atoms with Crippen molar-refractivity contribution in [1.82, 2.24) is 9.97 Å². The highest BCUT2D eigenvalue weighted by Crippen LogP contribution is 2.32. The fourth-order valence-corrected chi connectivity index (χ4v) is 5.35. The molecule has 0 bridgehead atoms. The van der Waals surface area contributed by atoms with Gasteiger partial charge in [0.05, 0.1) is 24.8 Å². The molecule has 3 aromatic carbocycles. The lowest BCUT2D eigenvalue weighted by Crippen LogP contribution is -2.37. The van der Waals surface area contributed by atoms with Crippen molar-refractivity contribution in [3.05, 3.63) is 103 Å². The molecule has 0 amide bonds. The summed E-state index contributed by atoms with van der Waals surface area (Å²) in [5.41, 5.74) is 5.61. The van der Waals surface area contributed by atoms with E-state index in [9.17, 15) is 13.2 Å². The molecule has 0 aliphatic rings. The van der Waals surface area contributed by atoms with E-state index in [1.54, 1.807) is 6.20 Å². The van der Waals surface area contributed by atoms with Crippen LogP contribution in [0.1, 0.15) is 5.56 Å². The average molecular weight is 499 g/mol. The molecule has 0 saturated carbocycles. The molecule has 2 nitrogen and oxygen atoms in total. The zero-order chi connectivity index (χ0) is 25.5. The number of rotatable bonds is 4. The van der Waals surface area contributed by atoms with Crippen LogP contribution >= 0.6 is 0 Å². The Bertz CT molecular complexity index is 1520. The lowest BCUT2D eigenvalue weighted by molar-refractivity contribution is -0.137. The molecule has 2 heterocycles. The molecule has 0 spiro atoms. The van der Waals surface area contributed by atoms with Gasteiger partial charge >= 0.3 is 6.18 Å². The third kappa shape index (κ3) is 4.95. The van der Waals surface area contributed by atoms with Gasteiger partial charge in [0, 0.05) is 34.5 Å². The highest BCUT2D eigenvalue weighted by molar-refractivity contribution is 6.88. The highest BCUT2D eigenvalue weighted by atomic mass is 28.3. The zero-order valence-electron chi connectivity index (χ0n) is 20.3. The largest absolute Gasteiger partial charge is 0.416 e. The number of benzene rings is 3. The van der Waals surface area contributed by atoms with Gasteiger partial charge < -0.3 is 0 Å². The predicted octanol–water partition coefficient (Wildman–Crippen LogP) is 8.19. The molecule has 0 radical (unpaired) electrons. The molecule has 180 valence electrons. The molecule has 0 atom stereocenters. The van der Waals surface area contributed by atoms with Gasteiger partial charge in [0.1, 0.15) is 0 Å². The Labute approximate surface area is 209 Å². The van der Waals surface area contributed by atoms with E-state index in [0.29, 0.717) is 5.56 Å². The van der Waals surface area contributed by atoms with Gasteiger partial charge in [-0.05, 0) is 41.5 Å². The van der Waals surface area contributed by atoms with Crippen LogP contribution in [0.4, 0.5) is 13.2 Å². The van der Waals surface area contributed by atoms with E-state index in [1.807, 2.05) is 36.5 Å². The molecule has 0 aliphatic heterocycles. The average Bonchev–Trinajstić information content (AvgIpc) is 2.87. The first-order chi connectivity index (χ1) is 17.1. The fraction of sp³-hybridized carbons (Fsp3) is 0.133. The lowest BCUT2D eigenvalue weighted by Gasteiger charge is -2.16. The second kappa shape index (κ2) is 9.02. The van der Waals surface area contributed by atoms with Gasteiger partial charge in [0.15, 0.2) is 0 Å². The predicted molar refractivity (Wildman–Crippen MR) is 144 cm³/mol. The summed E-state index contributed by atoms with van der Waals surface area (Å²) in [4.78, 5) is 9.29. The van der Waals surface area contributed by atoms with E-state index < -0.39 is 19.8 Å². The van der Waals surface area contributed by atoms with Crippen molar-refractivity contribution < 1.29 is 13.2 Å². The summed E-state index contributed by atoms with van der Waals surface area (Å²) in [7, 11) is -1.33. The first kappa shape index (κ1) is 23.9. The third-order valence-corrected chi connectivity index (χ3v) is 8.44. The number of halogens is 3. The van der Waals surface area contributed by atoms with Crippen LogP contribution in [0.25, 0.3) is 44.4 Å². The molecule has 5 aromatic rings. The zero-order valence-corrected chi connectivity index (χ0v) is 21.3. The summed E-state index contributed by atoms with van der Waals surface area (Å²) in [5.74, 6) is 0. The van der Waals surface area contributed by atoms with Crippen LogP contribution < -0.4 is 5.19 Å². The number of nitrogens with zero attached hydrogens (tertiary/aromatic N) is 2. The highest BCUT2D eigenvalue weighted by Gasteiger charge is 2.30. The van der Waals surface area contributed by atoms with Gasteiger partial charge in [-0.3, -0.25) is 9.97 Å². The molecule has 5 rings (SSSR count). The smallest absolute Gasteiger partial charge is 0.256 e. The number of hydrogen-bond acceptors (Lipinski definition) is 2. The minimum Gasteiger partial charge on any atom is -0.256 e. The molecule has 36 heavy (non-hydrogen) atoms. The summed E-state index contributed by atoms with van der Waals surface area (Å²) < 4.78 is 38.6. The molecular weight excluding hydrogens is 473 g/mol. The quantitative estimate of drug-likeness (QED) is 0.233. The molecule has 2 aromatic heterocycles. The van der Waals surface area contributed by atoms with E-state index in [0.717, 1.165) is 51.0 Å². The van der Waals surface area contributed by atoms with Crippen LogP contribution in [0.3, 0.4) is 0 Å². The van der Waals surface area contributed by atoms with E-state index in [4.69, 9.17) is 0 Å². The Kier molecular flexibility index (Phi) is 6.00. The van der Waals surface area contributed by atoms with Crippen molar-refractivity contribution in [3.63, 3.8) is 0 Å². The summed E-state index contributed by atoms with van der Waals surface area (Å²) in [5, 5.41) is 2.38. The summed E-state index contributed by atoms with van der Waals surface area (Å²) in [6.45, 7) is 7.01. The molecular formula is C30H25F3N2Si. The Morgan fingerprint density at radius 3 is 1.81 bits per heavy atom. The van der Waals surface area contributed by atoms with E-state index in [2.05, 4.69) is 59.9 Å². The molecule has 0 aliphatic carbocycles. The first-order valence-electron chi connectivity index (χ1n) is 11.7. The SMILES string of the molecule is C[Si](C)(C)c1ccc(-c2ccc(-c3cnc4cc(-c5ccc(C(F)(F)F)cc5)ccc4c3)cn2)cc1.